The van der Waals surface area contributed by atoms with Gasteiger partial charge in [0.25, 0.3) is 0 Å². The Morgan fingerprint density at radius 2 is 1.23 bits per heavy atom. The molecule has 0 N–H and O–H groups in total. The van der Waals surface area contributed by atoms with E-state index in [9.17, 15) is 4.79 Å². The molecule has 2 nitrogen and oxygen atoms in total. The number of hydrogen-bond acceptors (Lipinski definition) is 7. The fourth-order valence-electron chi connectivity index (χ4n) is 3.18. The lowest BCUT2D eigenvalue weighted by Gasteiger charge is -2.03. The van der Waals surface area contributed by atoms with Gasteiger partial charge in [0.2, 0.25) is 0 Å². The van der Waals surface area contributed by atoms with Crippen LogP contribution in [0.4, 0.5) is 0 Å². The largest absolute Gasteiger partial charge is 0.425 e. The lowest BCUT2D eigenvalue weighted by Crippen LogP contribution is -2.02. The fourth-order valence-corrected chi connectivity index (χ4v) is 8.37. The van der Waals surface area contributed by atoms with E-state index in [0.717, 1.165) is 15.3 Å². The lowest BCUT2D eigenvalue weighted by molar-refractivity contribution is -0.131. The molecular formula is C23H16O2S5. The lowest BCUT2D eigenvalue weighted by atomic mass is 10.2. The maximum atomic E-state index is 11.8. The van der Waals surface area contributed by atoms with Crippen LogP contribution in [0.2, 0.25) is 0 Å². The van der Waals surface area contributed by atoms with Crippen molar-refractivity contribution in [2.75, 3.05) is 0 Å². The summed E-state index contributed by atoms with van der Waals surface area (Å²) in [6, 6.07) is 17.1. The summed E-state index contributed by atoms with van der Waals surface area (Å²) in [5, 5.41) is 4.19. The topological polar surface area (TPSA) is 26.3 Å². The van der Waals surface area contributed by atoms with Crippen LogP contribution in [0.15, 0.2) is 59.3 Å². The van der Waals surface area contributed by atoms with E-state index < -0.39 is 0 Å². The third-order valence-electron chi connectivity index (χ3n) is 4.52. The van der Waals surface area contributed by atoms with Crippen LogP contribution in [-0.4, -0.2) is 5.97 Å². The van der Waals surface area contributed by atoms with Gasteiger partial charge in [0.05, 0.1) is 9.75 Å². The second kappa shape index (κ2) is 8.24. The molecule has 0 aromatic carbocycles. The number of carbonyl (C=O) groups excluding carboxylic acids is 1. The van der Waals surface area contributed by atoms with Crippen molar-refractivity contribution in [3.05, 3.63) is 64.9 Å². The summed E-state index contributed by atoms with van der Waals surface area (Å²) in [7, 11) is 0. The Hall–Kier alpha value is -2.03. The first-order valence-corrected chi connectivity index (χ1v) is 13.4. The summed E-state index contributed by atoms with van der Waals surface area (Å²) in [6.45, 7) is 3.51. The molecular weight excluding hydrogens is 469 g/mol. The zero-order valence-corrected chi connectivity index (χ0v) is 20.2. The zero-order chi connectivity index (χ0) is 20.7. The van der Waals surface area contributed by atoms with E-state index in [1.54, 1.807) is 56.7 Å². The van der Waals surface area contributed by atoms with Gasteiger partial charge in [-0.1, -0.05) is 12.1 Å². The van der Waals surface area contributed by atoms with Gasteiger partial charge in [-0.2, -0.15) is 0 Å². The van der Waals surface area contributed by atoms with E-state index in [-0.39, 0.29) is 5.97 Å². The van der Waals surface area contributed by atoms with Crippen LogP contribution in [0.1, 0.15) is 12.5 Å². The van der Waals surface area contributed by atoms with Gasteiger partial charge in [-0.25, -0.2) is 0 Å². The quantitative estimate of drug-likeness (QED) is 0.233. The number of thiophene rings is 5. The monoisotopic (exact) mass is 484 g/mol. The fraction of sp³-hybridized carbons (Fsp3) is 0.0870. The van der Waals surface area contributed by atoms with Crippen molar-refractivity contribution >= 4 is 62.7 Å². The number of ether oxygens (including phenoxy) is 1. The number of rotatable bonds is 5. The van der Waals surface area contributed by atoms with E-state index in [1.165, 1.54) is 36.2 Å². The normalized spacial score (nSPS) is 11.1. The number of carbonyl (C=O) groups is 1. The first-order chi connectivity index (χ1) is 14.6. The Labute approximate surface area is 194 Å². The first kappa shape index (κ1) is 19.9. The summed E-state index contributed by atoms with van der Waals surface area (Å²) in [4.78, 5) is 21.4. The summed E-state index contributed by atoms with van der Waals surface area (Å²) in [5.74, 6) is 0.400. The Morgan fingerprint density at radius 3 is 1.73 bits per heavy atom. The molecule has 5 aromatic rings. The van der Waals surface area contributed by atoms with Gasteiger partial charge >= 0.3 is 5.97 Å². The van der Waals surface area contributed by atoms with Gasteiger partial charge in [0.15, 0.2) is 5.75 Å². The summed E-state index contributed by atoms with van der Waals surface area (Å²) in [5.41, 5.74) is 1.02. The molecule has 0 radical (unpaired) electrons. The van der Waals surface area contributed by atoms with E-state index >= 15 is 0 Å². The molecule has 150 valence electrons. The molecule has 5 aromatic heterocycles. The van der Waals surface area contributed by atoms with Crippen LogP contribution in [-0.2, 0) is 4.79 Å². The maximum Gasteiger partial charge on any atom is 0.308 e. The van der Waals surface area contributed by atoms with Gasteiger partial charge in [-0.15, -0.1) is 56.7 Å². The number of esters is 1. The molecule has 0 spiro atoms. The second-order valence-corrected chi connectivity index (χ2v) is 11.7. The highest BCUT2D eigenvalue weighted by Crippen LogP contribution is 2.51. The predicted octanol–water partition coefficient (Wildman–Crippen LogP) is 8.90. The average molecular weight is 485 g/mol. The molecule has 0 aliphatic heterocycles. The van der Waals surface area contributed by atoms with Gasteiger partial charge in [0, 0.05) is 41.8 Å². The van der Waals surface area contributed by atoms with E-state index in [0.29, 0.717) is 5.75 Å². The highest BCUT2D eigenvalue weighted by atomic mass is 32.1. The van der Waals surface area contributed by atoms with Gasteiger partial charge in [-0.05, 0) is 54.1 Å². The minimum Gasteiger partial charge on any atom is -0.425 e. The SMILES string of the molecule is CC(=O)Oc1c(-c2ccc(-c3cccs3)s2)sc(-c2ccc(-c3cccs3)s2)c1C. The highest BCUT2D eigenvalue weighted by molar-refractivity contribution is 7.29. The molecule has 0 saturated heterocycles. The zero-order valence-electron chi connectivity index (χ0n) is 16.1. The highest BCUT2D eigenvalue weighted by Gasteiger charge is 2.23. The van der Waals surface area contributed by atoms with Crippen molar-refractivity contribution in [3.8, 4) is 44.8 Å². The Morgan fingerprint density at radius 1 is 0.700 bits per heavy atom. The second-order valence-electron chi connectivity index (χ2n) is 6.59. The van der Waals surface area contributed by atoms with E-state index in [1.807, 2.05) is 6.92 Å². The van der Waals surface area contributed by atoms with Crippen molar-refractivity contribution in [1.82, 2.24) is 0 Å². The Balaban J connectivity index is 1.59. The Bertz CT molecular complexity index is 1300. The van der Waals surface area contributed by atoms with Crippen molar-refractivity contribution in [2.24, 2.45) is 0 Å². The molecule has 30 heavy (non-hydrogen) atoms. The van der Waals surface area contributed by atoms with Crippen LogP contribution in [0.3, 0.4) is 0 Å². The van der Waals surface area contributed by atoms with Crippen LogP contribution in [0, 0.1) is 6.92 Å². The standard InChI is InChI=1S/C23H16O2S5/c1-13-21(25-14(2)24)23(20-10-8-18(29-20)16-6-4-12-27-16)30-22(13)19-9-7-17(28-19)15-5-3-11-26-15/h3-12H,1-2H3. The maximum absolute atomic E-state index is 11.8. The molecule has 0 amide bonds. The third kappa shape index (κ3) is 3.72. The van der Waals surface area contributed by atoms with Crippen molar-refractivity contribution in [1.29, 1.82) is 0 Å². The van der Waals surface area contributed by atoms with Crippen LogP contribution in [0.25, 0.3) is 39.0 Å². The molecule has 5 heterocycles. The van der Waals surface area contributed by atoms with Gasteiger partial charge < -0.3 is 4.74 Å². The van der Waals surface area contributed by atoms with Gasteiger partial charge in [0.1, 0.15) is 0 Å². The predicted molar refractivity (Wildman–Crippen MR) is 134 cm³/mol. The number of hydrogen-bond donors (Lipinski definition) is 0. The smallest absolute Gasteiger partial charge is 0.308 e. The first-order valence-electron chi connectivity index (χ1n) is 9.20. The van der Waals surface area contributed by atoms with Gasteiger partial charge in [-0.3, -0.25) is 4.79 Å². The molecule has 5 rings (SSSR count). The summed E-state index contributed by atoms with van der Waals surface area (Å²) < 4.78 is 5.70. The van der Waals surface area contributed by atoms with E-state index in [2.05, 4.69) is 59.3 Å². The van der Waals surface area contributed by atoms with Crippen LogP contribution >= 0.6 is 56.7 Å². The van der Waals surface area contributed by atoms with Crippen LogP contribution < -0.4 is 4.74 Å². The molecule has 0 saturated carbocycles. The molecule has 0 unspecified atom stereocenters. The van der Waals surface area contributed by atoms with Crippen LogP contribution in [0.5, 0.6) is 5.75 Å². The summed E-state index contributed by atoms with van der Waals surface area (Å²) in [6.07, 6.45) is 0. The third-order valence-corrected chi connectivity index (χ3v) is 10.5. The minimum atomic E-state index is -0.288. The molecule has 0 aliphatic carbocycles. The molecule has 7 heteroatoms. The molecule has 0 atom stereocenters. The van der Waals surface area contributed by atoms with Crippen molar-refractivity contribution in [2.45, 2.75) is 13.8 Å². The van der Waals surface area contributed by atoms with E-state index in [4.69, 9.17) is 4.74 Å². The summed E-state index contributed by atoms with van der Waals surface area (Å²) >= 11 is 8.72. The minimum absolute atomic E-state index is 0.288. The van der Waals surface area contributed by atoms with Crippen molar-refractivity contribution in [3.63, 3.8) is 0 Å². The average Bonchev–Trinajstić information content (AvgIpc) is 3.51. The molecule has 0 aliphatic rings. The Kier molecular flexibility index (Phi) is 5.47. The van der Waals surface area contributed by atoms with Crippen molar-refractivity contribution < 1.29 is 9.53 Å². The molecule has 0 bridgehead atoms. The molecule has 0 fully saturated rings.